The molecule has 0 atom stereocenters. The van der Waals surface area contributed by atoms with Gasteiger partial charge in [0.25, 0.3) is 0 Å². The quantitative estimate of drug-likeness (QED) is 0.398. The highest BCUT2D eigenvalue weighted by molar-refractivity contribution is 7.96. The first kappa shape index (κ1) is 24.2. The maximum atomic E-state index is 15.0. The lowest BCUT2D eigenvalue weighted by Gasteiger charge is -2.36. The Labute approximate surface area is 200 Å². The first-order chi connectivity index (χ1) is 16.3. The Bertz CT molecular complexity index is 1260. The van der Waals surface area contributed by atoms with Crippen molar-refractivity contribution in [2.24, 2.45) is 0 Å². The summed E-state index contributed by atoms with van der Waals surface area (Å²) in [6.07, 6.45) is 1.32. The van der Waals surface area contributed by atoms with E-state index in [1.165, 1.54) is 13.2 Å². The number of hydrogen-bond donors (Lipinski definition) is 1. The van der Waals surface area contributed by atoms with Gasteiger partial charge in [0.15, 0.2) is 0 Å². The molecule has 34 heavy (non-hydrogen) atoms. The molecule has 7 nitrogen and oxygen atoms in total. The molecule has 180 valence electrons. The highest BCUT2D eigenvalue weighted by Gasteiger charge is 2.22. The summed E-state index contributed by atoms with van der Waals surface area (Å²) in [5.74, 6) is -1.85. The standard InChI is InChI=1S/C24H26F2N4O3S/c1-3-29-15-19(24(32)33)23(31)18-12-20(25)22(13-21(18)29)30-10-8-28(9-11-30)14-16-4-6-17(7-5-16)34-27(2)26/h4-7,12-13,15H,3,8-11,14H2,1-2H3,(H,32,33). The normalized spacial score (nSPS) is 14.8. The maximum Gasteiger partial charge on any atom is 0.341 e. The van der Waals surface area contributed by atoms with E-state index < -0.39 is 17.2 Å². The fourth-order valence-corrected chi connectivity index (χ4v) is 4.81. The van der Waals surface area contributed by atoms with E-state index in [2.05, 4.69) is 4.90 Å². The van der Waals surface area contributed by atoms with E-state index in [4.69, 9.17) is 0 Å². The van der Waals surface area contributed by atoms with Crippen molar-refractivity contribution in [3.05, 3.63) is 69.8 Å². The van der Waals surface area contributed by atoms with Gasteiger partial charge in [-0.2, -0.15) is 0 Å². The van der Waals surface area contributed by atoms with Gasteiger partial charge in [-0.3, -0.25) is 9.69 Å². The SMILES string of the molecule is CCn1cc(C(=O)O)c(=O)c2cc(F)c(N3CCN(Cc4ccc(SN(C)F)cc4)CC3)cc21. The summed E-state index contributed by atoms with van der Waals surface area (Å²) in [7, 11) is 1.35. The molecule has 1 aliphatic heterocycles. The Kier molecular flexibility index (Phi) is 7.20. The number of carboxylic acid groups (broad SMARTS) is 1. The number of aromatic nitrogens is 1. The largest absolute Gasteiger partial charge is 0.477 e. The van der Waals surface area contributed by atoms with Crippen molar-refractivity contribution in [2.45, 2.75) is 24.9 Å². The third-order valence-corrected chi connectivity index (χ3v) is 6.73. The molecule has 0 aliphatic carbocycles. The molecule has 0 saturated carbocycles. The molecule has 3 aromatic rings. The summed E-state index contributed by atoms with van der Waals surface area (Å²) in [5.41, 5.74) is 1.02. The molecule has 0 bridgehead atoms. The second-order valence-corrected chi connectivity index (χ2v) is 9.36. The number of carbonyl (C=O) groups is 1. The van der Waals surface area contributed by atoms with Crippen molar-refractivity contribution in [1.29, 1.82) is 0 Å². The van der Waals surface area contributed by atoms with E-state index in [9.17, 15) is 19.2 Å². The van der Waals surface area contributed by atoms with Crippen molar-refractivity contribution in [2.75, 3.05) is 38.1 Å². The fourth-order valence-electron chi connectivity index (χ4n) is 4.26. The van der Waals surface area contributed by atoms with Crippen LogP contribution < -0.4 is 10.3 Å². The second kappa shape index (κ2) is 10.1. The van der Waals surface area contributed by atoms with Gasteiger partial charge < -0.3 is 14.6 Å². The van der Waals surface area contributed by atoms with E-state index in [0.29, 0.717) is 35.4 Å². The van der Waals surface area contributed by atoms with Gasteiger partial charge in [-0.15, -0.1) is 4.48 Å². The molecule has 1 saturated heterocycles. The molecular weight excluding hydrogens is 462 g/mol. The Morgan fingerprint density at radius 3 is 2.41 bits per heavy atom. The molecule has 0 spiro atoms. The minimum atomic E-state index is -1.32. The van der Waals surface area contributed by atoms with Crippen LogP contribution in [0.25, 0.3) is 10.9 Å². The van der Waals surface area contributed by atoms with Crippen LogP contribution in [0, 0.1) is 5.82 Å². The van der Waals surface area contributed by atoms with Gasteiger partial charge in [0, 0.05) is 62.8 Å². The van der Waals surface area contributed by atoms with Gasteiger partial charge in [-0.05, 0) is 48.7 Å². The minimum absolute atomic E-state index is 0.0715. The van der Waals surface area contributed by atoms with Crippen LogP contribution >= 0.6 is 11.9 Å². The van der Waals surface area contributed by atoms with Gasteiger partial charge in [0.05, 0.1) is 11.2 Å². The number of pyridine rings is 1. The molecule has 1 aromatic heterocycles. The van der Waals surface area contributed by atoms with Gasteiger partial charge in [-0.25, -0.2) is 9.18 Å². The summed E-state index contributed by atoms with van der Waals surface area (Å²) < 4.78 is 30.3. The number of aryl methyl sites for hydroxylation is 1. The molecule has 1 fully saturated rings. The lowest BCUT2D eigenvalue weighted by molar-refractivity contribution is 0.0695. The first-order valence-electron chi connectivity index (χ1n) is 11.0. The van der Waals surface area contributed by atoms with Crippen molar-refractivity contribution < 1.29 is 18.8 Å². The summed E-state index contributed by atoms with van der Waals surface area (Å²) in [5, 5.41) is 9.39. The number of halogens is 2. The van der Waals surface area contributed by atoms with Crippen LogP contribution in [-0.2, 0) is 13.1 Å². The molecule has 10 heteroatoms. The average molecular weight is 489 g/mol. The number of aromatic carboxylic acids is 1. The van der Waals surface area contributed by atoms with Gasteiger partial charge in [0.2, 0.25) is 5.43 Å². The van der Waals surface area contributed by atoms with Crippen LogP contribution in [0.3, 0.4) is 0 Å². The second-order valence-electron chi connectivity index (χ2n) is 8.20. The molecule has 2 heterocycles. The summed E-state index contributed by atoms with van der Waals surface area (Å²) in [4.78, 5) is 29.0. The van der Waals surface area contributed by atoms with E-state index in [1.54, 1.807) is 10.6 Å². The predicted octanol–water partition coefficient (Wildman–Crippen LogP) is 4.00. The van der Waals surface area contributed by atoms with Gasteiger partial charge in [0.1, 0.15) is 11.4 Å². The third-order valence-electron chi connectivity index (χ3n) is 5.99. The number of piperazine rings is 1. The van der Waals surface area contributed by atoms with E-state index >= 15 is 4.39 Å². The number of rotatable bonds is 7. The third kappa shape index (κ3) is 5.08. The van der Waals surface area contributed by atoms with Crippen molar-refractivity contribution in [3.63, 3.8) is 0 Å². The summed E-state index contributed by atoms with van der Waals surface area (Å²) in [6, 6.07) is 10.5. The minimum Gasteiger partial charge on any atom is -0.477 e. The number of fused-ring (bicyclic) bond motifs is 1. The Balaban J connectivity index is 1.49. The van der Waals surface area contributed by atoms with Crippen LogP contribution in [0.2, 0.25) is 0 Å². The average Bonchev–Trinajstić information content (AvgIpc) is 2.81. The van der Waals surface area contributed by atoms with Gasteiger partial charge in [-0.1, -0.05) is 16.7 Å². The zero-order valence-corrected chi connectivity index (χ0v) is 19.8. The molecular formula is C24H26F2N4O3S. The molecule has 1 aliphatic rings. The molecule has 0 unspecified atom stereocenters. The number of carboxylic acids is 1. The highest BCUT2D eigenvalue weighted by atomic mass is 32.2. The zero-order valence-electron chi connectivity index (χ0n) is 19.0. The molecule has 4 rings (SSSR count). The van der Waals surface area contributed by atoms with Crippen LogP contribution in [0.5, 0.6) is 0 Å². The molecule has 1 N–H and O–H groups in total. The van der Waals surface area contributed by atoms with E-state index in [-0.39, 0.29) is 10.9 Å². The van der Waals surface area contributed by atoms with Crippen LogP contribution in [0.4, 0.5) is 14.6 Å². The number of nitrogens with zero attached hydrogens (tertiary/aromatic N) is 4. The monoisotopic (exact) mass is 488 g/mol. The number of hydrogen-bond acceptors (Lipinski definition) is 6. The van der Waals surface area contributed by atoms with Crippen molar-refractivity contribution >= 4 is 34.5 Å². The van der Waals surface area contributed by atoms with Gasteiger partial charge >= 0.3 is 5.97 Å². The van der Waals surface area contributed by atoms with Crippen LogP contribution in [0.1, 0.15) is 22.8 Å². The van der Waals surface area contributed by atoms with Crippen molar-refractivity contribution in [3.8, 4) is 0 Å². The maximum absolute atomic E-state index is 15.0. The first-order valence-corrected chi connectivity index (χ1v) is 11.8. The van der Waals surface area contributed by atoms with E-state index in [1.807, 2.05) is 36.1 Å². The van der Waals surface area contributed by atoms with Crippen LogP contribution in [-0.4, -0.2) is 58.3 Å². The Morgan fingerprint density at radius 2 is 1.82 bits per heavy atom. The lowest BCUT2D eigenvalue weighted by atomic mass is 10.1. The smallest absolute Gasteiger partial charge is 0.341 e. The molecule has 2 aromatic carbocycles. The molecule has 0 radical (unpaired) electrons. The van der Waals surface area contributed by atoms with Crippen LogP contribution in [0.15, 0.2) is 52.3 Å². The lowest BCUT2D eigenvalue weighted by Crippen LogP contribution is -2.46. The van der Waals surface area contributed by atoms with E-state index in [0.717, 1.165) is 48.1 Å². The highest BCUT2D eigenvalue weighted by Crippen LogP contribution is 2.27. The topological polar surface area (TPSA) is 69.0 Å². The Hall–Kier alpha value is -2.95. The number of benzene rings is 2. The van der Waals surface area contributed by atoms with Crippen molar-refractivity contribution in [1.82, 2.24) is 14.0 Å². The number of anilines is 1. The Morgan fingerprint density at radius 1 is 1.15 bits per heavy atom. The predicted molar refractivity (Wildman–Crippen MR) is 129 cm³/mol. The zero-order chi connectivity index (χ0) is 24.4. The summed E-state index contributed by atoms with van der Waals surface area (Å²) >= 11 is 1.02. The molecule has 0 amide bonds. The fraction of sp³-hybridized carbons (Fsp3) is 0.333. The summed E-state index contributed by atoms with van der Waals surface area (Å²) in [6.45, 7) is 5.75.